The summed E-state index contributed by atoms with van der Waals surface area (Å²) in [6.45, 7) is 1.84. The average Bonchev–Trinajstić information content (AvgIpc) is 2.40. The number of benzene rings is 1. The minimum absolute atomic E-state index is 0.0634. The van der Waals surface area contributed by atoms with E-state index in [0.29, 0.717) is 12.8 Å². The highest BCUT2D eigenvalue weighted by Gasteiger charge is 2.27. The molecule has 0 unspecified atom stereocenters. The molecular formula is C13H10BrF5. The van der Waals surface area contributed by atoms with Gasteiger partial charge in [0.15, 0.2) is 23.3 Å². The van der Waals surface area contributed by atoms with E-state index in [1.54, 1.807) is 0 Å². The van der Waals surface area contributed by atoms with Crippen LogP contribution in [0.4, 0.5) is 22.0 Å². The van der Waals surface area contributed by atoms with Crippen LogP contribution in [-0.2, 0) is 0 Å². The molecule has 1 rings (SSSR count). The largest absolute Gasteiger partial charge is 0.203 e. The Morgan fingerprint density at radius 1 is 1.00 bits per heavy atom. The normalized spacial score (nSPS) is 10.3. The Labute approximate surface area is 115 Å². The van der Waals surface area contributed by atoms with Crippen molar-refractivity contribution in [2.45, 2.75) is 26.2 Å². The van der Waals surface area contributed by atoms with Gasteiger partial charge in [-0.05, 0) is 12.8 Å². The fraction of sp³-hybridized carbons (Fsp3) is 0.308. The third-order valence-electron chi connectivity index (χ3n) is 2.52. The van der Waals surface area contributed by atoms with Gasteiger partial charge in [-0.25, -0.2) is 22.0 Å². The summed E-state index contributed by atoms with van der Waals surface area (Å²) >= 11 is 2.88. The first-order valence-electron chi connectivity index (χ1n) is 5.51. The van der Waals surface area contributed by atoms with Gasteiger partial charge in [0.25, 0.3) is 0 Å². The van der Waals surface area contributed by atoms with Crippen LogP contribution in [-0.4, -0.2) is 0 Å². The van der Waals surface area contributed by atoms with E-state index in [4.69, 9.17) is 0 Å². The van der Waals surface area contributed by atoms with E-state index in [-0.39, 0.29) is 12.0 Å². The molecule has 0 heterocycles. The lowest BCUT2D eigenvalue weighted by atomic mass is 9.99. The number of halogens is 6. The van der Waals surface area contributed by atoms with Crippen molar-refractivity contribution in [1.82, 2.24) is 0 Å². The molecular weight excluding hydrogens is 331 g/mol. The lowest BCUT2D eigenvalue weighted by Crippen LogP contribution is -2.06. The van der Waals surface area contributed by atoms with Gasteiger partial charge in [-0.3, -0.25) is 0 Å². The third kappa shape index (κ3) is 3.25. The van der Waals surface area contributed by atoms with Gasteiger partial charge in [0.05, 0.1) is 5.56 Å². The maximum absolute atomic E-state index is 13.6. The second kappa shape index (κ2) is 6.87. The number of hydrogen-bond donors (Lipinski definition) is 0. The van der Waals surface area contributed by atoms with Crippen molar-refractivity contribution in [2.75, 3.05) is 0 Å². The Morgan fingerprint density at radius 2 is 1.47 bits per heavy atom. The van der Waals surface area contributed by atoms with Gasteiger partial charge in [-0.2, -0.15) is 0 Å². The molecule has 104 valence electrons. The Kier molecular flexibility index (Phi) is 5.76. The second-order valence-electron chi connectivity index (χ2n) is 3.78. The summed E-state index contributed by atoms with van der Waals surface area (Å²) in [6, 6.07) is 0. The zero-order valence-corrected chi connectivity index (χ0v) is 11.6. The van der Waals surface area contributed by atoms with Gasteiger partial charge in [-0.15, -0.1) is 5.73 Å². The van der Waals surface area contributed by atoms with E-state index < -0.39 is 34.6 Å². The molecule has 0 nitrogen and oxygen atoms in total. The molecule has 0 fully saturated rings. The molecule has 0 aliphatic rings. The Morgan fingerprint density at radius 3 is 1.89 bits per heavy atom. The molecule has 0 radical (unpaired) electrons. The molecule has 19 heavy (non-hydrogen) atoms. The minimum atomic E-state index is -2.16. The van der Waals surface area contributed by atoms with Crippen molar-refractivity contribution in [3.8, 4) is 0 Å². The van der Waals surface area contributed by atoms with E-state index in [9.17, 15) is 22.0 Å². The van der Waals surface area contributed by atoms with Crippen LogP contribution in [0.1, 0.15) is 31.7 Å². The maximum Gasteiger partial charge on any atom is 0.200 e. The predicted molar refractivity (Wildman–Crippen MR) is 66.2 cm³/mol. The lowest BCUT2D eigenvalue weighted by molar-refractivity contribution is 0.376. The van der Waals surface area contributed by atoms with Crippen molar-refractivity contribution < 1.29 is 22.0 Å². The summed E-state index contributed by atoms with van der Waals surface area (Å²) in [5.74, 6) is -9.70. The first-order valence-corrected chi connectivity index (χ1v) is 6.43. The molecule has 0 amide bonds. The summed E-state index contributed by atoms with van der Waals surface area (Å²) < 4.78 is 66.3. The summed E-state index contributed by atoms with van der Waals surface area (Å²) in [5, 5.41) is 0. The lowest BCUT2D eigenvalue weighted by Gasteiger charge is -2.10. The SMILES string of the molecule is CCCCC(=C=CBr)c1c(F)c(F)c(F)c(F)c1F. The molecule has 0 saturated heterocycles. The van der Waals surface area contributed by atoms with Crippen LogP contribution in [0.25, 0.3) is 5.57 Å². The first kappa shape index (κ1) is 15.9. The smallest absolute Gasteiger partial charge is 0.200 e. The molecule has 1 aromatic carbocycles. The van der Waals surface area contributed by atoms with Crippen molar-refractivity contribution >= 4 is 21.5 Å². The number of unbranched alkanes of at least 4 members (excludes halogenated alkanes) is 1. The molecule has 0 spiro atoms. The Hall–Kier alpha value is -1.13. The van der Waals surface area contributed by atoms with Gasteiger partial charge in [-0.1, -0.05) is 29.3 Å². The fourth-order valence-electron chi connectivity index (χ4n) is 1.56. The van der Waals surface area contributed by atoms with Gasteiger partial charge in [0.2, 0.25) is 5.82 Å². The quantitative estimate of drug-likeness (QED) is 0.295. The number of allylic oxidation sites excluding steroid dienone is 1. The third-order valence-corrected chi connectivity index (χ3v) is 2.75. The topological polar surface area (TPSA) is 0 Å². The molecule has 0 aliphatic carbocycles. The standard InChI is InChI=1S/C13H10BrF5/c1-2-3-4-7(5-6-14)8-9(15)11(17)13(19)12(18)10(8)16/h6H,2-4H2,1H3. The summed E-state index contributed by atoms with van der Waals surface area (Å²) in [4.78, 5) is 1.19. The van der Waals surface area contributed by atoms with E-state index in [2.05, 4.69) is 21.7 Å². The van der Waals surface area contributed by atoms with Crippen molar-refractivity contribution in [1.29, 1.82) is 0 Å². The van der Waals surface area contributed by atoms with Crippen LogP contribution in [0.5, 0.6) is 0 Å². The zero-order chi connectivity index (χ0) is 14.6. The average molecular weight is 341 g/mol. The highest BCUT2D eigenvalue weighted by Crippen LogP contribution is 2.30. The van der Waals surface area contributed by atoms with E-state index in [0.717, 1.165) is 0 Å². The van der Waals surface area contributed by atoms with Crippen LogP contribution in [0.2, 0.25) is 0 Å². The zero-order valence-electron chi connectivity index (χ0n) is 9.97. The van der Waals surface area contributed by atoms with Crippen molar-refractivity contribution in [3.63, 3.8) is 0 Å². The fourth-order valence-corrected chi connectivity index (χ4v) is 1.83. The molecule has 0 bridgehead atoms. The monoisotopic (exact) mass is 340 g/mol. The molecule has 0 aromatic heterocycles. The molecule has 1 aromatic rings. The van der Waals surface area contributed by atoms with Gasteiger partial charge >= 0.3 is 0 Å². The number of hydrogen-bond acceptors (Lipinski definition) is 0. The maximum atomic E-state index is 13.6. The van der Waals surface area contributed by atoms with E-state index in [1.807, 2.05) is 6.92 Å². The van der Waals surface area contributed by atoms with E-state index in [1.165, 1.54) is 4.99 Å². The molecule has 0 aliphatic heterocycles. The van der Waals surface area contributed by atoms with Gasteiger partial charge < -0.3 is 0 Å². The Bertz CT molecular complexity index is 515. The van der Waals surface area contributed by atoms with Crippen LogP contribution in [0.3, 0.4) is 0 Å². The van der Waals surface area contributed by atoms with Gasteiger partial charge in [0.1, 0.15) is 0 Å². The molecule has 0 atom stereocenters. The summed E-state index contributed by atoms with van der Waals surface area (Å²) in [7, 11) is 0. The van der Waals surface area contributed by atoms with Gasteiger partial charge in [0, 0.05) is 10.6 Å². The molecule has 0 saturated carbocycles. The Balaban J connectivity index is 3.52. The van der Waals surface area contributed by atoms with Crippen LogP contribution >= 0.6 is 15.9 Å². The molecule has 0 N–H and O–H groups in total. The summed E-state index contributed by atoms with van der Waals surface area (Å²) in [5.41, 5.74) is 1.48. The minimum Gasteiger partial charge on any atom is -0.203 e. The highest BCUT2D eigenvalue weighted by molar-refractivity contribution is 9.11. The second-order valence-corrected chi connectivity index (χ2v) is 4.24. The molecule has 6 heteroatoms. The predicted octanol–water partition coefficient (Wildman–Crippen LogP) is 5.46. The van der Waals surface area contributed by atoms with Crippen LogP contribution < -0.4 is 0 Å². The highest BCUT2D eigenvalue weighted by atomic mass is 79.9. The van der Waals surface area contributed by atoms with Crippen molar-refractivity contribution in [3.05, 3.63) is 45.4 Å². The summed E-state index contributed by atoms with van der Waals surface area (Å²) in [6.07, 6.45) is 1.42. The first-order chi connectivity index (χ1) is 8.95. The number of rotatable bonds is 4. The van der Waals surface area contributed by atoms with E-state index >= 15 is 0 Å². The van der Waals surface area contributed by atoms with Crippen LogP contribution in [0, 0.1) is 29.1 Å². The van der Waals surface area contributed by atoms with Crippen LogP contribution in [0.15, 0.2) is 10.7 Å². The van der Waals surface area contributed by atoms with Crippen molar-refractivity contribution in [2.24, 2.45) is 0 Å².